The Kier molecular flexibility index (Phi) is 8.40. The lowest BCUT2D eigenvalue weighted by molar-refractivity contribution is 0.122. The topological polar surface area (TPSA) is 130 Å². The Morgan fingerprint density at radius 1 is 1.11 bits per heavy atom. The molecule has 0 unspecified atom stereocenters. The third-order valence-electron chi connectivity index (χ3n) is 5.29. The average Bonchev–Trinajstić information content (AvgIpc) is 3.37. The molecule has 0 bridgehead atoms. The van der Waals surface area contributed by atoms with Gasteiger partial charge in [0.2, 0.25) is 0 Å². The van der Waals surface area contributed by atoms with Gasteiger partial charge in [-0.25, -0.2) is 9.97 Å². The molecule has 0 aliphatic carbocycles. The van der Waals surface area contributed by atoms with Crippen LogP contribution in [-0.4, -0.2) is 56.6 Å². The molecule has 2 N–H and O–H groups in total. The van der Waals surface area contributed by atoms with Crippen LogP contribution in [0, 0.1) is 22.7 Å². The van der Waals surface area contributed by atoms with Gasteiger partial charge >= 0.3 is 0 Å². The Hall–Kier alpha value is -3.35. The summed E-state index contributed by atoms with van der Waals surface area (Å²) < 4.78 is 16.0. The van der Waals surface area contributed by atoms with Crippen LogP contribution >= 0.6 is 23.1 Å². The summed E-state index contributed by atoms with van der Waals surface area (Å²) in [6.07, 6.45) is 0. The van der Waals surface area contributed by atoms with E-state index < -0.39 is 0 Å². The number of aromatic nitrogens is 2. The molecular weight excluding hydrogens is 484 g/mol. The minimum Gasteiger partial charge on any atom is -0.491 e. The number of thiazole rings is 1. The van der Waals surface area contributed by atoms with Crippen LogP contribution in [0.2, 0.25) is 0 Å². The molecule has 3 aromatic rings. The van der Waals surface area contributed by atoms with Crippen LogP contribution in [0.4, 0.5) is 10.9 Å². The second-order valence-electron chi connectivity index (χ2n) is 7.53. The molecule has 1 aliphatic rings. The van der Waals surface area contributed by atoms with Crippen molar-refractivity contribution < 1.29 is 14.2 Å². The summed E-state index contributed by atoms with van der Waals surface area (Å²) in [6.45, 7) is 3.96. The molecule has 1 saturated heterocycles. The van der Waals surface area contributed by atoms with Crippen LogP contribution in [0.1, 0.15) is 16.8 Å². The summed E-state index contributed by atoms with van der Waals surface area (Å²) in [7, 11) is 1.61. The van der Waals surface area contributed by atoms with Crippen LogP contribution in [-0.2, 0) is 15.2 Å². The van der Waals surface area contributed by atoms with Gasteiger partial charge in [-0.3, -0.25) is 0 Å². The maximum absolute atomic E-state index is 10.0. The summed E-state index contributed by atoms with van der Waals surface area (Å²) in [4.78, 5) is 11.3. The maximum atomic E-state index is 10.0. The number of benzene rings is 1. The van der Waals surface area contributed by atoms with E-state index in [0.29, 0.717) is 59.6 Å². The summed E-state index contributed by atoms with van der Waals surface area (Å²) in [5.74, 6) is 1.29. The minimum atomic E-state index is 0.0942. The Morgan fingerprint density at radius 3 is 2.54 bits per heavy atom. The van der Waals surface area contributed by atoms with Crippen molar-refractivity contribution in [3.8, 4) is 29.0 Å². The molecule has 1 aliphatic heterocycles. The quantitative estimate of drug-likeness (QED) is 0.337. The van der Waals surface area contributed by atoms with E-state index >= 15 is 0 Å². The van der Waals surface area contributed by atoms with Crippen molar-refractivity contribution in [2.45, 2.75) is 10.8 Å². The first kappa shape index (κ1) is 24.8. The number of morpholine rings is 1. The molecule has 11 heteroatoms. The molecule has 4 rings (SSSR count). The second kappa shape index (κ2) is 11.9. The van der Waals surface area contributed by atoms with Crippen molar-refractivity contribution in [2.24, 2.45) is 0 Å². The molecule has 180 valence electrons. The smallest absolute Gasteiger partial charge is 0.185 e. The Balaban J connectivity index is 1.58. The van der Waals surface area contributed by atoms with Crippen LogP contribution in [0.15, 0.2) is 34.7 Å². The summed E-state index contributed by atoms with van der Waals surface area (Å²) >= 11 is 2.97. The molecule has 3 heterocycles. The van der Waals surface area contributed by atoms with Gasteiger partial charge in [0, 0.05) is 36.9 Å². The van der Waals surface area contributed by atoms with Crippen molar-refractivity contribution in [3.05, 3.63) is 46.5 Å². The number of rotatable bonds is 9. The molecule has 35 heavy (non-hydrogen) atoms. The van der Waals surface area contributed by atoms with Crippen molar-refractivity contribution in [1.82, 2.24) is 9.97 Å². The Morgan fingerprint density at radius 2 is 1.86 bits per heavy atom. The van der Waals surface area contributed by atoms with Gasteiger partial charge in [-0.05, 0) is 17.7 Å². The van der Waals surface area contributed by atoms with Crippen LogP contribution in [0.25, 0.3) is 11.1 Å². The van der Waals surface area contributed by atoms with Crippen LogP contribution in [0.3, 0.4) is 0 Å². The average molecular weight is 509 g/mol. The Bertz CT molecular complexity index is 1240. The van der Waals surface area contributed by atoms with E-state index in [9.17, 15) is 10.5 Å². The van der Waals surface area contributed by atoms with Crippen molar-refractivity contribution in [2.75, 3.05) is 57.3 Å². The molecule has 0 saturated carbocycles. The van der Waals surface area contributed by atoms with Gasteiger partial charge in [0.15, 0.2) is 5.13 Å². The minimum absolute atomic E-state index is 0.0942. The molecule has 2 aromatic heterocycles. The summed E-state index contributed by atoms with van der Waals surface area (Å²) in [5, 5.41) is 23.2. The standard InChI is InChI=1S/C24H24N6O3S2/c1-31-10-11-33-18-4-2-16(3-5-18)21-19(12-25)22(27)29-23(20(21)13-26)34-14-17-15-35-24(28-17)30-6-8-32-9-7-30/h2-5,15H,6-11,14H2,1H3,(H2,27,29). The number of hydrogen-bond acceptors (Lipinski definition) is 11. The first-order chi connectivity index (χ1) is 17.1. The molecular formula is C24H24N6O3S2. The third-order valence-corrected chi connectivity index (χ3v) is 7.25. The first-order valence-electron chi connectivity index (χ1n) is 10.9. The van der Waals surface area contributed by atoms with Gasteiger partial charge in [-0.1, -0.05) is 23.9 Å². The number of nitrogens with two attached hydrogens (primary N) is 1. The number of ether oxygens (including phenoxy) is 3. The highest BCUT2D eigenvalue weighted by Gasteiger charge is 2.21. The lowest BCUT2D eigenvalue weighted by Gasteiger charge is -2.26. The monoisotopic (exact) mass is 508 g/mol. The number of pyridine rings is 1. The van der Waals surface area contributed by atoms with Crippen LogP contribution < -0.4 is 15.4 Å². The van der Waals surface area contributed by atoms with E-state index in [-0.39, 0.29) is 11.4 Å². The fourth-order valence-corrected chi connectivity index (χ4v) is 5.43. The number of thioether (sulfide) groups is 1. The molecule has 0 radical (unpaired) electrons. The van der Waals surface area contributed by atoms with Crippen molar-refractivity contribution >= 4 is 34.0 Å². The molecule has 1 aromatic carbocycles. The van der Waals surface area contributed by atoms with E-state index in [1.165, 1.54) is 11.8 Å². The number of nitrogen functional groups attached to an aromatic ring is 1. The maximum Gasteiger partial charge on any atom is 0.185 e. The zero-order valence-corrected chi connectivity index (χ0v) is 20.8. The zero-order valence-electron chi connectivity index (χ0n) is 19.2. The fraction of sp³-hybridized carbons (Fsp3) is 0.333. The molecule has 0 spiro atoms. The lowest BCUT2D eigenvalue weighted by Crippen LogP contribution is -2.36. The van der Waals surface area contributed by atoms with E-state index in [1.54, 1.807) is 30.6 Å². The van der Waals surface area contributed by atoms with Gasteiger partial charge in [-0.15, -0.1) is 11.3 Å². The number of methoxy groups -OCH3 is 1. The van der Waals surface area contributed by atoms with Gasteiger partial charge in [0.25, 0.3) is 0 Å². The fourth-order valence-electron chi connectivity index (χ4n) is 3.56. The number of hydrogen-bond donors (Lipinski definition) is 1. The molecule has 9 nitrogen and oxygen atoms in total. The highest BCUT2D eigenvalue weighted by molar-refractivity contribution is 7.98. The lowest BCUT2D eigenvalue weighted by atomic mass is 9.97. The molecule has 0 atom stereocenters. The zero-order chi connectivity index (χ0) is 24.6. The van der Waals surface area contributed by atoms with E-state index in [0.717, 1.165) is 23.9 Å². The normalized spacial score (nSPS) is 13.3. The largest absolute Gasteiger partial charge is 0.491 e. The Labute approximate surface area is 212 Å². The number of nitriles is 2. The van der Waals surface area contributed by atoms with E-state index in [4.69, 9.17) is 24.9 Å². The summed E-state index contributed by atoms with van der Waals surface area (Å²) in [6, 6.07) is 11.5. The third kappa shape index (κ3) is 5.84. The van der Waals surface area contributed by atoms with Gasteiger partial charge in [0.1, 0.15) is 40.9 Å². The van der Waals surface area contributed by atoms with Crippen molar-refractivity contribution in [3.63, 3.8) is 0 Å². The van der Waals surface area contributed by atoms with Crippen LogP contribution in [0.5, 0.6) is 5.75 Å². The summed E-state index contributed by atoms with van der Waals surface area (Å²) in [5.41, 5.74) is 8.71. The number of anilines is 2. The predicted molar refractivity (Wildman–Crippen MR) is 136 cm³/mol. The van der Waals surface area contributed by atoms with Gasteiger partial charge in [-0.2, -0.15) is 10.5 Å². The van der Waals surface area contributed by atoms with Crippen molar-refractivity contribution in [1.29, 1.82) is 10.5 Å². The predicted octanol–water partition coefficient (Wildman–Crippen LogP) is 3.68. The highest BCUT2D eigenvalue weighted by Crippen LogP contribution is 2.37. The molecule has 0 amide bonds. The van der Waals surface area contributed by atoms with E-state index in [2.05, 4.69) is 22.0 Å². The van der Waals surface area contributed by atoms with Gasteiger partial charge in [0.05, 0.1) is 31.1 Å². The van der Waals surface area contributed by atoms with E-state index in [1.807, 2.05) is 17.5 Å². The highest BCUT2D eigenvalue weighted by atomic mass is 32.2. The second-order valence-corrected chi connectivity index (χ2v) is 9.33. The molecule has 1 fully saturated rings. The first-order valence-corrected chi connectivity index (χ1v) is 12.8. The number of nitrogens with zero attached hydrogens (tertiary/aromatic N) is 5. The van der Waals surface area contributed by atoms with Gasteiger partial charge < -0.3 is 24.8 Å². The SMILES string of the molecule is COCCOc1ccc(-c2c(C#N)c(N)nc(SCc3csc(N4CCOCC4)n3)c2C#N)cc1.